The molecule has 1 unspecified atom stereocenters. The first-order chi connectivity index (χ1) is 9.20. The van der Waals surface area contributed by atoms with Crippen LogP contribution in [0.25, 0.3) is 0 Å². The lowest BCUT2D eigenvalue weighted by Gasteiger charge is -2.20. The van der Waals surface area contributed by atoms with E-state index in [4.69, 9.17) is 9.26 Å². The van der Waals surface area contributed by atoms with Crippen LogP contribution in [0.15, 0.2) is 4.52 Å². The fourth-order valence-electron chi connectivity index (χ4n) is 2.54. The Labute approximate surface area is 115 Å². The summed E-state index contributed by atoms with van der Waals surface area (Å²) >= 11 is 0. The minimum Gasteiger partial charge on any atom is -0.370 e. The van der Waals surface area contributed by atoms with E-state index in [1.54, 1.807) is 0 Å². The van der Waals surface area contributed by atoms with Gasteiger partial charge in [-0.05, 0) is 44.7 Å². The summed E-state index contributed by atoms with van der Waals surface area (Å²) in [6.07, 6.45) is 3.22. The van der Waals surface area contributed by atoms with Gasteiger partial charge in [-0.1, -0.05) is 19.0 Å². The van der Waals surface area contributed by atoms with Crippen LogP contribution in [0.3, 0.4) is 0 Å². The van der Waals surface area contributed by atoms with Gasteiger partial charge in [-0.15, -0.1) is 0 Å². The molecule has 1 aromatic rings. The predicted molar refractivity (Wildman–Crippen MR) is 72.8 cm³/mol. The minimum absolute atomic E-state index is 0.0597. The topological polar surface area (TPSA) is 60.2 Å². The van der Waals surface area contributed by atoms with E-state index >= 15 is 0 Å². The highest BCUT2D eigenvalue weighted by molar-refractivity contribution is 4.94. The maximum absolute atomic E-state index is 5.70. The van der Waals surface area contributed by atoms with Crippen LogP contribution in [0.2, 0.25) is 0 Å². The van der Waals surface area contributed by atoms with E-state index in [1.165, 1.54) is 12.8 Å². The molecule has 5 heteroatoms. The van der Waals surface area contributed by atoms with Gasteiger partial charge < -0.3 is 14.6 Å². The van der Waals surface area contributed by atoms with Crippen LogP contribution in [0.1, 0.15) is 51.4 Å². The molecule has 2 rings (SSSR count). The molecule has 19 heavy (non-hydrogen) atoms. The Balaban J connectivity index is 1.96. The fraction of sp³-hybridized carbons (Fsp3) is 0.857. The van der Waals surface area contributed by atoms with Crippen LogP contribution in [-0.2, 0) is 11.2 Å². The van der Waals surface area contributed by atoms with Crippen molar-refractivity contribution in [3.8, 4) is 0 Å². The van der Waals surface area contributed by atoms with Gasteiger partial charge in [0.25, 0.3) is 0 Å². The molecule has 108 valence electrons. The van der Waals surface area contributed by atoms with Crippen molar-refractivity contribution in [2.24, 2.45) is 11.8 Å². The maximum atomic E-state index is 5.70. The normalized spacial score (nSPS) is 18.9. The summed E-state index contributed by atoms with van der Waals surface area (Å²) in [5.41, 5.74) is 0. The van der Waals surface area contributed by atoms with Crippen molar-refractivity contribution in [3.05, 3.63) is 11.7 Å². The van der Waals surface area contributed by atoms with E-state index < -0.39 is 0 Å². The average Bonchev–Trinajstić information content (AvgIpc) is 2.85. The van der Waals surface area contributed by atoms with Crippen molar-refractivity contribution in [1.82, 2.24) is 15.5 Å². The Hall–Kier alpha value is -0.940. The molecular weight excluding hydrogens is 242 g/mol. The Bertz CT molecular complexity index is 373. The standard InChI is InChI=1S/C14H25N3O2/c1-4-18-13(10(2)3)14-16-12(19-17-14)9-11-5-7-15-8-6-11/h10-11,13,15H,4-9H2,1-3H3. The van der Waals surface area contributed by atoms with E-state index in [1.807, 2.05) is 6.92 Å². The lowest BCUT2D eigenvalue weighted by atomic mass is 9.95. The monoisotopic (exact) mass is 267 g/mol. The SMILES string of the molecule is CCOC(c1noc(CC2CCNCC2)n1)C(C)C. The van der Waals surface area contributed by atoms with Crippen LogP contribution < -0.4 is 5.32 Å². The van der Waals surface area contributed by atoms with Crippen LogP contribution in [0.5, 0.6) is 0 Å². The molecule has 1 saturated heterocycles. The first-order valence-corrected chi connectivity index (χ1v) is 7.35. The number of rotatable bonds is 6. The van der Waals surface area contributed by atoms with Crippen molar-refractivity contribution in [1.29, 1.82) is 0 Å². The van der Waals surface area contributed by atoms with Gasteiger partial charge >= 0.3 is 0 Å². The molecule has 0 saturated carbocycles. The summed E-state index contributed by atoms with van der Waals surface area (Å²) in [6.45, 7) is 9.08. The molecule has 1 atom stereocenters. The lowest BCUT2D eigenvalue weighted by molar-refractivity contribution is 0.0217. The fourth-order valence-corrected chi connectivity index (χ4v) is 2.54. The summed E-state index contributed by atoms with van der Waals surface area (Å²) in [7, 11) is 0. The zero-order chi connectivity index (χ0) is 13.7. The van der Waals surface area contributed by atoms with Crippen LogP contribution in [-0.4, -0.2) is 29.8 Å². The number of nitrogens with zero attached hydrogens (tertiary/aromatic N) is 2. The van der Waals surface area contributed by atoms with E-state index in [0.717, 1.165) is 25.4 Å². The number of hydrogen-bond donors (Lipinski definition) is 1. The number of piperidine rings is 1. The number of aromatic nitrogens is 2. The summed E-state index contributed by atoms with van der Waals surface area (Å²) < 4.78 is 11.1. The lowest BCUT2D eigenvalue weighted by Crippen LogP contribution is -2.28. The van der Waals surface area contributed by atoms with Crippen molar-refractivity contribution in [2.45, 2.75) is 46.1 Å². The molecule has 0 radical (unpaired) electrons. The van der Waals surface area contributed by atoms with Gasteiger partial charge in [0.1, 0.15) is 6.10 Å². The predicted octanol–water partition coefficient (Wildman–Crippen LogP) is 2.35. The largest absolute Gasteiger partial charge is 0.370 e. The molecule has 1 aromatic heterocycles. The average molecular weight is 267 g/mol. The van der Waals surface area contributed by atoms with E-state index in [-0.39, 0.29) is 6.10 Å². The molecule has 2 heterocycles. The number of hydrogen-bond acceptors (Lipinski definition) is 5. The summed E-state index contributed by atoms with van der Waals surface area (Å²) in [5, 5.41) is 7.46. The molecule has 1 aliphatic rings. The number of nitrogens with one attached hydrogen (secondary N) is 1. The second-order valence-electron chi connectivity index (χ2n) is 5.56. The molecule has 0 aromatic carbocycles. The van der Waals surface area contributed by atoms with Crippen LogP contribution in [0.4, 0.5) is 0 Å². The van der Waals surface area contributed by atoms with Gasteiger partial charge in [0.05, 0.1) is 0 Å². The number of ether oxygens (including phenoxy) is 1. The van der Waals surface area contributed by atoms with Crippen molar-refractivity contribution < 1.29 is 9.26 Å². The molecule has 0 amide bonds. The maximum Gasteiger partial charge on any atom is 0.227 e. The zero-order valence-electron chi connectivity index (χ0n) is 12.2. The van der Waals surface area contributed by atoms with Crippen molar-refractivity contribution in [2.75, 3.05) is 19.7 Å². The van der Waals surface area contributed by atoms with Crippen molar-refractivity contribution >= 4 is 0 Å². The van der Waals surface area contributed by atoms with Gasteiger partial charge in [0.2, 0.25) is 11.7 Å². The van der Waals surface area contributed by atoms with Crippen LogP contribution >= 0.6 is 0 Å². The van der Waals surface area contributed by atoms with E-state index in [0.29, 0.717) is 24.3 Å². The molecule has 0 spiro atoms. The summed E-state index contributed by atoms with van der Waals surface area (Å²) in [5.74, 6) is 2.47. The molecular formula is C14H25N3O2. The Morgan fingerprint density at radius 3 is 2.74 bits per heavy atom. The zero-order valence-corrected chi connectivity index (χ0v) is 12.2. The van der Waals surface area contributed by atoms with Gasteiger partial charge in [0.15, 0.2) is 0 Å². The van der Waals surface area contributed by atoms with Gasteiger partial charge in [0, 0.05) is 13.0 Å². The highest BCUT2D eigenvalue weighted by Crippen LogP contribution is 2.24. The third-order valence-corrected chi connectivity index (χ3v) is 3.61. The second kappa shape index (κ2) is 7.01. The Kier molecular flexibility index (Phi) is 5.34. The van der Waals surface area contributed by atoms with Gasteiger partial charge in [-0.25, -0.2) is 0 Å². The smallest absolute Gasteiger partial charge is 0.227 e. The van der Waals surface area contributed by atoms with E-state index in [2.05, 4.69) is 29.3 Å². The quantitative estimate of drug-likeness (QED) is 0.857. The summed E-state index contributed by atoms with van der Waals surface area (Å²) in [6, 6.07) is 0. The third-order valence-electron chi connectivity index (χ3n) is 3.61. The minimum atomic E-state index is -0.0597. The Morgan fingerprint density at radius 2 is 2.11 bits per heavy atom. The van der Waals surface area contributed by atoms with Gasteiger partial charge in [-0.2, -0.15) is 4.98 Å². The molecule has 1 fully saturated rings. The molecule has 0 bridgehead atoms. The molecule has 5 nitrogen and oxygen atoms in total. The van der Waals surface area contributed by atoms with Crippen molar-refractivity contribution in [3.63, 3.8) is 0 Å². The van der Waals surface area contributed by atoms with Crippen LogP contribution in [0, 0.1) is 11.8 Å². The molecule has 1 N–H and O–H groups in total. The van der Waals surface area contributed by atoms with E-state index in [9.17, 15) is 0 Å². The highest BCUT2D eigenvalue weighted by Gasteiger charge is 2.23. The molecule has 1 aliphatic heterocycles. The first kappa shape index (κ1) is 14.5. The summed E-state index contributed by atoms with van der Waals surface area (Å²) in [4.78, 5) is 4.52. The second-order valence-corrected chi connectivity index (χ2v) is 5.56. The molecule has 0 aliphatic carbocycles. The highest BCUT2D eigenvalue weighted by atomic mass is 16.5. The third kappa shape index (κ3) is 4.01. The van der Waals surface area contributed by atoms with Gasteiger partial charge in [-0.3, -0.25) is 0 Å². The Morgan fingerprint density at radius 1 is 1.37 bits per heavy atom. The first-order valence-electron chi connectivity index (χ1n) is 7.35.